The molecule has 0 bridgehead atoms. The van der Waals surface area contributed by atoms with Crippen LogP contribution in [0.1, 0.15) is 66.4 Å². The van der Waals surface area contributed by atoms with Gasteiger partial charge in [-0.1, -0.05) is 23.7 Å². The molecule has 4 aliphatic rings. The molecule has 2 aromatic rings. The van der Waals surface area contributed by atoms with Crippen LogP contribution in [0.25, 0.3) is 0 Å². The highest BCUT2D eigenvalue weighted by atomic mass is 35.5. The molecule has 1 fully saturated rings. The summed E-state index contributed by atoms with van der Waals surface area (Å²) < 4.78 is 17.8. The fourth-order valence-electron chi connectivity index (χ4n) is 7.80. The molecule has 220 valence electrons. The van der Waals surface area contributed by atoms with E-state index in [9.17, 15) is 9.90 Å². The topological polar surface area (TPSA) is 68.2 Å². The summed E-state index contributed by atoms with van der Waals surface area (Å²) in [6.45, 7) is 2.55. The summed E-state index contributed by atoms with van der Waals surface area (Å²) in [4.78, 5) is 15.0. The minimum atomic E-state index is -0.337. The van der Waals surface area contributed by atoms with Gasteiger partial charge in [-0.2, -0.15) is 0 Å². The van der Waals surface area contributed by atoms with Gasteiger partial charge in [-0.05, 0) is 116 Å². The largest absolute Gasteiger partial charge is 0.490 e. The Balaban J connectivity index is 1.32. The number of hydrogen-bond donors (Lipinski definition) is 1. The summed E-state index contributed by atoms with van der Waals surface area (Å²) in [7, 11) is 3.27. The molecule has 41 heavy (non-hydrogen) atoms. The van der Waals surface area contributed by atoms with Gasteiger partial charge < -0.3 is 24.2 Å². The molecule has 0 radical (unpaired) electrons. The maximum absolute atomic E-state index is 12.5. The van der Waals surface area contributed by atoms with E-state index in [1.165, 1.54) is 23.8 Å². The molecular formula is C34H42ClNO5. The van der Waals surface area contributed by atoms with Crippen molar-refractivity contribution in [1.82, 2.24) is 0 Å². The van der Waals surface area contributed by atoms with E-state index in [-0.39, 0.29) is 24.1 Å². The number of esters is 1. The summed E-state index contributed by atoms with van der Waals surface area (Å²) in [5, 5.41) is 10.4. The van der Waals surface area contributed by atoms with Crippen LogP contribution in [0, 0.1) is 17.8 Å². The van der Waals surface area contributed by atoms with Crippen LogP contribution in [-0.2, 0) is 21.3 Å². The molecule has 7 heteroatoms. The fraction of sp³-hybridized carbons (Fsp3) is 0.559. The highest BCUT2D eigenvalue weighted by Gasteiger charge is 2.45. The molecule has 1 saturated carbocycles. The Kier molecular flexibility index (Phi) is 8.35. The van der Waals surface area contributed by atoms with E-state index in [4.69, 9.17) is 25.8 Å². The number of carbonyl (C=O) groups excluding carboxylic acids is 1. The lowest BCUT2D eigenvalue weighted by atomic mass is 9.66. The first-order valence-electron chi connectivity index (χ1n) is 15.2. The molecule has 3 aliphatic carbocycles. The number of aliphatic hydroxyl groups excluding tert-OH is 1. The SMILES string of the molecule is COC(=O)c1ccc2c(c1)N(C[C@@H]1CC[C@H]1[C@@H](OC)C1=CC[C@@H](CO)CC1)C[C@@]1(CCCc3cc(Cl)ccc31)CO2. The van der Waals surface area contributed by atoms with E-state index in [2.05, 4.69) is 23.1 Å². The zero-order valence-corrected chi connectivity index (χ0v) is 25.0. The smallest absolute Gasteiger partial charge is 0.337 e. The molecule has 0 aromatic heterocycles. The van der Waals surface area contributed by atoms with Crippen molar-refractivity contribution in [3.8, 4) is 5.75 Å². The Labute approximate surface area is 248 Å². The minimum absolute atomic E-state index is 0.115. The van der Waals surface area contributed by atoms with Crippen molar-refractivity contribution in [3.05, 3.63) is 69.8 Å². The van der Waals surface area contributed by atoms with Crippen LogP contribution in [0.4, 0.5) is 5.69 Å². The molecule has 6 nitrogen and oxygen atoms in total. The first kappa shape index (κ1) is 28.6. The molecule has 1 N–H and O–H groups in total. The van der Waals surface area contributed by atoms with Gasteiger partial charge in [-0.3, -0.25) is 0 Å². The van der Waals surface area contributed by atoms with E-state index in [0.717, 1.165) is 80.9 Å². The average Bonchev–Trinajstić information content (AvgIpc) is 3.14. The molecule has 2 aromatic carbocycles. The number of rotatable bonds is 7. The number of fused-ring (bicyclic) bond motifs is 3. The van der Waals surface area contributed by atoms with Gasteiger partial charge in [0.1, 0.15) is 5.75 Å². The monoisotopic (exact) mass is 579 g/mol. The van der Waals surface area contributed by atoms with E-state index < -0.39 is 0 Å². The Hall–Kier alpha value is -2.54. The van der Waals surface area contributed by atoms with Crippen LogP contribution in [0.2, 0.25) is 5.02 Å². The predicted octanol–water partition coefficient (Wildman–Crippen LogP) is 6.36. The van der Waals surface area contributed by atoms with Gasteiger partial charge in [0, 0.05) is 37.2 Å². The van der Waals surface area contributed by atoms with Gasteiger partial charge in [0.25, 0.3) is 0 Å². The van der Waals surface area contributed by atoms with Crippen LogP contribution in [0.15, 0.2) is 48.0 Å². The van der Waals surface area contributed by atoms with Crippen LogP contribution < -0.4 is 9.64 Å². The number of carbonyl (C=O) groups is 1. The first-order chi connectivity index (χ1) is 19.9. The number of methoxy groups -OCH3 is 2. The van der Waals surface area contributed by atoms with Crippen molar-refractivity contribution in [2.75, 3.05) is 45.4 Å². The Morgan fingerprint density at radius 1 is 1.17 bits per heavy atom. The maximum atomic E-state index is 12.5. The number of ether oxygens (including phenoxy) is 3. The van der Waals surface area contributed by atoms with Gasteiger partial charge in [-0.15, -0.1) is 0 Å². The van der Waals surface area contributed by atoms with E-state index in [0.29, 0.717) is 29.9 Å². The third-order valence-electron chi connectivity index (χ3n) is 10.2. The fourth-order valence-corrected chi connectivity index (χ4v) is 7.99. The number of hydrogen-bond acceptors (Lipinski definition) is 6. The van der Waals surface area contributed by atoms with E-state index in [1.54, 1.807) is 6.07 Å². The number of nitrogens with zero attached hydrogens (tertiary/aromatic N) is 1. The lowest BCUT2D eigenvalue weighted by molar-refractivity contribution is 0.00273. The van der Waals surface area contributed by atoms with Crippen LogP contribution in [0.5, 0.6) is 5.75 Å². The molecule has 0 unspecified atom stereocenters. The molecule has 0 amide bonds. The zero-order chi connectivity index (χ0) is 28.6. The second-order valence-corrected chi connectivity index (χ2v) is 13.0. The molecular weight excluding hydrogens is 538 g/mol. The number of halogens is 1. The molecule has 1 heterocycles. The Morgan fingerprint density at radius 3 is 2.76 bits per heavy atom. The Bertz CT molecular complexity index is 1310. The lowest BCUT2D eigenvalue weighted by Crippen LogP contribution is -2.50. The number of allylic oxidation sites excluding steroid dienone is 1. The van der Waals surface area contributed by atoms with Gasteiger partial charge in [0.15, 0.2) is 0 Å². The third kappa shape index (κ3) is 5.51. The van der Waals surface area contributed by atoms with Crippen molar-refractivity contribution in [2.45, 2.75) is 62.9 Å². The molecule has 5 atom stereocenters. The summed E-state index contributed by atoms with van der Waals surface area (Å²) in [5.41, 5.74) is 5.40. The Morgan fingerprint density at radius 2 is 2.05 bits per heavy atom. The van der Waals surface area contributed by atoms with Gasteiger partial charge >= 0.3 is 5.97 Å². The van der Waals surface area contributed by atoms with Crippen LogP contribution >= 0.6 is 11.6 Å². The number of aliphatic hydroxyl groups is 1. The second-order valence-electron chi connectivity index (χ2n) is 12.5. The van der Waals surface area contributed by atoms with Gasteiger partial charge in [-0.25, -0.2) is 4.79 Å². The predicted molar refractivity (Wildman–Crippen MR) is 161 cm³/mol. The molecule has 1 aliphatic heterocycles. The summed E-state index contributed by atoms with van der Waals surface area (Å²) >= 11 is 6.42. The molecule has 0 saturated heterocycles. The van der Waals surface area contributed by atoms with Crippen LogP contribution in [-0.4, -0.2) is 57.7 Å². The highest BCUT2D eigenvalue weighted by molar-refractivity contribution is 6.30. The van der Waals surface area contributed by atoms with Crippen molar-refractivity contribution >= 4 is 23.3 Å². The van der Waals surface area contributed by atoms with Gasteiger partial charge in [0.05, 0.1) is 31.1 Å². The molecule has 6 rings (SSSR count). The third-order valence-corrected chi connectivity index (χ3v) is 10.4. The van der Waals surface area contributed by atoms with Crippen molar-refractivity contribution < 1.29 is 24.1 Å². The van der Waals surface area contributed by atoms with Crippen LogP contribution in [0.3, 0.4) is 0 Å². The zero-order valence-electron chi connectivity index (χ0n) is 24.2. The minimum Gasteiger partial charge on any atom is -0.490 e. The number of aryl methyl sites for hydroxylation is 1. The lowest BCUT2D eigenvalue weighted by Gasteiger charge is -2.47. The number of anilines is 1. The summed E-state index contributed by atoms with van der Waals surface area (Å²) in [6, 6.07) is 12.0. The highest BCUT2D eigenvalue weighted by Crippen LogP contribution is 2.48. The van der Waals surface area contributed by atoms with E-state index in [1.807, 2.05) is 25.3 Å². The number of benzene rings is 2. The normalized spacial score (nSPS) is 28.0. The first-order valence-corrected chi connectivity index (χ1v) is 15.5. The van der Waals surface area contributed by atoms with Crippen molar-refractivity contribution in [2.24, 2.45) is 17.8 Å². The van der Waals surface area contributed by atoms with E-state index >= 15 is 0 Å². The summed E-state index contributed by atoms with van der Waals surface area (Å²) in [6.07, 6.45) is 10.9. The maximum Gasteiger partial charge on any atom is 0.337 e. The van der Waals surface area contributed by atoms with Crippen molar-refractivity contribution in [3.63, 3.8) is 0 Å². The van der Waals surface area contributed by atoms with Crippen molar-refractivity contribution in [1.29, 1.82) is 0 Å². The van der Waals surface area contributed by atoms with Gasteiger partial charge in [0.2, 0.25) is 0 Å². The molecule has 1 spiro atoms. The second kappa shape index (κ2) is 12.0. The summed E-state index contributed by atoms with van der Waals surface area (Å²) in [5.74, 6) is 1.77. The standard InChI is InChI=1S/C34H42ClNO5/c1-39-32(23-7-5-22(19-37)6-8-23)28-12-9-26(28)18-36-20-34(15-3-4-24-16-27(35)11-13-29(24)34)21-41-31-14-10-25(17-30(31)36)33(38)40-2/h7,10-11,13-14,16-17,22,26,28,32,37H,3-6,8-9,12,15,18-21H2,1-2H3/t22-,26+,28-,32+,34+/m1/s1. The average molecular weight is 580 g/mol. The quantitative estimate of drug-likeness (QED) is 0.304.